The standard InChI is InChI=1S/C13H16ClIN4/c1-3-5-10-11(15)12(14)18-13(17-10)9-7-16-19(8-9)6-4-2/h7-8H,3-6H2,1-2H3. The minimum atomic E-state index is 0.525. The number of hydrogen-bond donors (Lipinski definition) is 0. The summed E-state index contributed by atoms with van der Waals surface area (Å²) in [7, 11) is 0. The van der Waals surface area contributed by atoms with E-state index in [1.807, 2.05) is 10.9 Å². The summed E-state index contributed by atoms with van der Waals surface area (Å²) < 4.78 is 2.86. The van der Waals surface area contributed by atoms with Crippen molar-refractivity contribution in [1.82, 2.24) is 19.7 Å². The number of rotatable bonds is 5. The smallest absolute Gasteiger partial charge is 0.164 e. The normalized spacial score (nSPS) is 10.9. The van der Waals surface area contributed by atoms with Crippen LogP contribution in [-0.2, 0) is 13.0 Å². The van der Waals surface area contributed by atoms with E-state index in [4.69, 9.17) is 11.6 Å². The second-order valence-corrected chi connectivity index (χ2v) is 5.78. The van der Waals surface area contributed by atoms with Crippen LogP contribution in [0.15, 0.2) is 12.4 Å². The van der Waals surface area contributed by atoms with Gasteiger partial charge in [0.25, 0.3) is 0 Å². The second kappa shape index (κ2) is 6.65. The number of aryl methyl sites for hydroxylation is 2. The summed E-state index contributed by atoms with van der Waals surface area (Å²) in [6, 6.07) is 0. The Balaban J connectivity index is 2.37. The van der Waals surface area contributed by atoms with Crippen LogP contribution < -0.4 is 0 Å². The van der Waals surface area contributed by atoms with Crippen molar-refractivity contribution in [2.45, 2.75) is 39.7 Å². The second-order valence-electron chi connectivity index (χ2n) is 4.34. The lowest BCUT2D eigenvalue weighted by atomic mass is 10.2. The molecule has 0 radical (unpaired) electrons. The van der Waals surface area contributed by atoms with Crippen LogP contribution in [0.5, 0.6) is 0 Å². The highest BCUT2D eigenvalue weighted by Crippen LogP contribution is 2.24. The lowest BCUT2D eigenvalue weighted by Crippen LogP contribution is -2.00. The molecule has 19 heavy (non-hydrogen) atoms. The predicted octanol–water partition coefficient (Wildman–Crippen LogP) is 3.96. The van der Waals surface area contributed by atoms with Crippen LogP contribution in [0, 0.1) is 3.57 Å². The first-order valence-electron chi connectivity index (χ1n) is 6.40. The zero-order chi connectivity index (χ0) is 13.8. The summed E-state index contributed by atoms with van der Waals surface area (Å²) in [5.41, 5.74) is 1.94. The third-order valence-electron chi connectivity index (χ3n) is 2.71. The molecule has 4 nitrogen and oxygen atoms in total. The molecule has 2 heterocycles. The summed E-state index contributed by atoms with van der Waals surface area (Å²) in [4.78, 5) is 8.96. The Morgan fingerprint density at radius 3 is 2.74 bits per heavy atom. The maximum Gasteiger partial charge on any atom is 0.164 e. The molecule has 0 bridgehead atoms. The maximum absolute atomic E-state index is 6.19. The molecule has 0 aliphatic carbocycles. The lowest BCUT2D eigenvalue weighted by molar-refractivity contribution is 0.603. The van der Waals surface area contributed by atoms with Gasteiger partial charge in [0.1, 0.15) is 5.15 Å². The number of hydrogen-bond acceptors (Lipinski definition) is 3. The van der Waals surface area contributed by atoms with E-state index in [1.54, 1.807) is 6.20 Å². The first-order valence-corrected chi connectivity index (χ1v) is 7.86. The third-order valence-corrected chi connectivity index (χ3v) is 4.44. The van der Waals surface area contributed by atoms with Crippen molar-refractivity contribution >= 4 is 34.2 Å². The van der Waals surface area contributed by atoms with Crippen LogP contribution in [0.1, 0.15) is 32.4 Å². The average molecular weight is 391 g/mol. The highest BCUT2D eigenvalue weighted by atomic mass is 127. The molecule has 0 spiro atoms. The first kappa shape index (κ1) is 14.7. The number of halogens is 2. The molecular formula is C13H16ClIN4. The molecule has 0 saturated carbocycles. The van der Waals surface area contributed by atoms with Crippen LogP contribution >= 0.6 is 34.2 Å². The molecule has 0 aromatic carbocycles. The zero-order valence-electron chi connectivity index (χ0n) is 11.0. The molecule has 0 aliphatic heterocycles. The third kappa shape index (κ3) is 3.45. The molecular weight excluding hydrogens is 375 g/mol. The Bertz CT molecular complexity index is 568. The quantitative estimate of drug-likeness (QED) is 0.573. The summed E-state index contributed by atoms with van der Waals surface area (Å²) in [6.45, 7) is 5.16. The van der Waals surface area contributed by atoms with Gasteiger partial charge in [-0.25, -0.2) is 9.97 Å². The van der Waals surface area contributed by atoms with Crippen molar-refractivity contribution < 1.29 is 0 Å². The first-order chi connectivity index (χ1) is 9.15. The molecule has 102 valence electrons. The van der Waals surface area contributed by atoms with Gasteiger partial charge in [-0.3, -0.25) is 4.68 Å². The van der Waals surface area contributed by atoms with Crippen LogP contribution in [0.2, 0.25) is 5.15 Å². The SMILES string of the molecule is CCCc1nc(-c2cnn(CCC)c2)nc(Cl)c1I. The molecule has 0 aliphatic rings. The monoisotopic (exact) mass is 390 g/mol. The summed E-state index contributed by atoms with van der Waals surface area (Å²) in [5.74, 6) is 0.663. The Kier molecular flexibility index (Phi) is 5.15. The average Bonchev–Trinajstić information content (AvgIpc) is 2.84. The fourth-order valence-corrected chi connectivity index (χ4v) is 2.53. The lowest BCUT2D eigenvalue weighted by Gasteiger charge is -2.06. The van der Waals surface area contributed by atoms with Crippen molar-refractivity contribution in [2.24, 2.45) is 0 Å². The fourth-order valence-electron chi connectivity index (χ4n) is 1.83. The summed E-state index contributed by atoms with van der Waals surface area (Å²) in [5, 5.41) is 4.83. The van der Waals surface area contributed by atoms with Gasteiger partial charge in [-0.05, 0) is 35.4 Å². The van der Waals surface area contributed by atoms with E-state index in [0.717, 1.165) is 40.6 Å². The van der Waals surface area contributed by atoms with Crippen molar-refractivity contribution in [3.05, 3.63) is 26.8 Å². The highest BCUT2D eigenvalue weighted by Gasteiger charge is 2.12. The van der Waals surface area contributed by atoms with Gasteiger partial charge in [0, 0.05) is 12.7 Å². The minimum Gasteiger partial charge on any atom is -0.272 e. The predicted molar refractivity (Wildman–Crippen MR) is 85.3 cm³/mol. The molecule has 6 heteroatoms. The van der Waals surface area contributed by atoms with Crippen molar-refractivity contribution in [2.75, 3.05) is 0 Å². The van der Waals surface area contributed by atoms with Crippen LogP contribution in [-0.4, -0.2) is 19.7 Å². The van der Waals surface area contributed by atoms with Gasteiger partial charge in [-0.1, -0.05) is 31.9 Å². The van der Waals surface area contributed by atoms with Crippen LogP contribution in [0.3, 0.4) is 0 Å². The molecule has 0 unspecified atom stereocenters. The number of aromatic nitrogens is 4. The number of nitrogens with zero attached hydrogens (tertiary/aromatic N) is 4. The molecule has 0 atom stereocenters. The van der Waals surface area contributed by atoms with E-state index >= 15 is 0 Å². The Morgan fingerprint density at radius 1 is 1.26 bits per heavy atom. The largest absolute Gasteiger partial charge is 0.272 e. The van der Waals surface area contributed by atoms with Crippen molar-refractivity contribution in [3.8, 4) is 11.4 Å². The minimum absolute atomic E-state index is 0.525. The fraction of sp³-hybridized carbons (Fsp3) is 0.462. The van der Waals surface area contributed by atoms with E-state index in [0.29, 0.717) is 11.0 Å². The van der Waals surface area contributed by atoms with Gasteiger partial charge in [0.2, 0.25) is 0 Å². The molecule has 2 rings (SSSR count). The van der Waals surface area contributed by atoms with Gasteiger partial charge in [0.05, 0.1) is 21.0 Å². The van der Waals surface area contributed by atoms with Crippen molar-refractivity contribution in [3.63, 3.8) is 0 Å². The Labute approximate surface area is 131 Å². The molecule has 2 aromatic rings. The Hall–Kier alpha value is -0.690. The van der Waals surface area contributed by atoms with Crippen LogP contribution in [0.25, 0.3) is 11.4 Å². The molecule has 0 amide bonds. The summed E-state index contributed by atoms with van der Waals surface area (Å²) in [6.07, 6.45) is 6.77. The Morgan fingerprint density at radius 2 is 2.05 bits per heavy atom. The maximum atomic E-state index is 6.19. The van der Waals surface area contributed by atoms with Gasteiger partial charge >= 0.3 is 0 Å². The van der Waals surface area contributed by atoms with E-state index in [-0.39, 0.29) is 0 Å². The van der Waals surface area contributed by atoms with Gasteiger partial charge < -0.3 is 0 Å². The van der Waals surface area contributed by atoms with Gasteiger partial charge in [-0.15, -0.1) is 0 Å². The molecule has 0 saturated heterocycles. The van der Waals surface area contributed by atoms with E-state index < -0.39 is 0 Å². The highest BCUT2D eigenvalue weighted by molar-refractivity contribution is 14.1. The summed E-state index contributed by atoms with van der Waals surface area (Å²) >= 11 is 8.39. The van der Waals surface area contributed by atoms with E-state index in [9.17, 15) is 0 Å². The van der Waals surface area contributed by atoms with E-state index in [2.05, 4.69) is 51.5 Å². The van der Waals surface area contributed by atoms with Crippen molar-refractivity contribution in [1.29, 1.82) is 0 Å². The van der Waals surface area contributed by atoms with E-state index in [1.165, 1.54) is 0 Å². The topological polar surface area (TPSA) is 43.6 Å². The zero-order valence-corrected chi connectivity index (χ0v) is 13.9. The van der Waals surface area contributed by atoms with Gasteiger partial charge in [0.15, 0.2) is 5.82 Å². The molecule has 2 aromatic heterocycles. The molecule has 0 fully saturated rings. The van der Waals surface area contributed by atoms with Gasteiger partial charge in [-0.2, -0.15) is 5.10 Å². The molecule has 0 N–H and O–H groups in total. The van der Waals surface area contributed by atoms with Crippen LogP contribution in [0.4, 0.5) is 0 Å².